The number of morpholine rings is 1. The van der Waals surface area contributed by atoms with E-state index in [2.05, 4.69) is 30.9 Å². The van der Waals surface area contributed by atoms with Crippen LogP contribution >= 0.6 is 0 Å². The Bertz CT molecular complexity index is 420. The average molecular weight is 278 g/mol. The van der Waals surface area contributed by atoms with Crippen molar-refractivity contribution in [1.82, 2.24) is 4.90 Å². The summed E-state index contributed by atoms with van der Waals surface area (Å²) in [5.74, 6) is 0. The number of aliphatic hydroxyl groups is 1. The molecule has 4 heteroatoms. The number of ether oxygens (including phenoxy) is 1. The zero-order chi connectivity index (χ0) is 14.8. The highest BCUT2D eigenvalue weighted by molar-refractivity contribution is 5.21. The monoisotopic (exact) mass is 278 g/mol. The summed E-state index contributed by atoms with van der Waals surface area (Å²) >= 11 is 0. The minimum absolute atomic E-state index is 0.0191. The van der Waals surface area contributed by atoms with E-state index in [0.717, 1.165) is 6.54 Å². The minimum atomic E-state index is -0.270. The van der Waals surface area contributed by atoms with E-state index in [1.807, 2.05) is 25.1 Å². The second-order valence-electron chi connectivity index (χ2n) is 6.33. The molecule has 1 aliphatic rings. The van der Waals surface area contributed by atoms with Crippen LogP contribution in [0, 0.1) is 0 Å². The van der Waals surface area contributed by atoms with Crippen LogP contribution in [0.3, 0.4) is 0 Å². The zero-order valence-electron chi connectivity index (χ0n) is 12.6. The first-order valence-electron chi connectivity index (χ1n) is 7.26. The number of nitrogens with zero attached hydrogens (tertiary/aromatic N) is 1. The lowest BCUT2D eigenvalue weighted by Crippen LogP contribution is -2.56. The molecule has 4 nitrogen and oxygen atoms in total. The molecule has 112 valence electrons. The van der Waals surface area contributed by atoms with E-state index < -0.39 is 0 Å². The Morgan fingerprint density at radius 3 is 2.60 bits per heavy atom. The Labute approximate surface area is 121 Å². The van der Waals surface area contributed by atoms with Gasteiger partial charge in [-0.05, 0) is 26.3 Å². The van der Waals surface area contributed by atoms with Crippen molar-refractivity contribution in [2.75, 3.05) is 19.7 Å². The van der Waals surface area contributed by atoms with Crippen LogP contribution in [-0.2, 0) is 4.74 Å². The van der Waals surface area contributed by atoms with Crippen LogP contribution < -0.4 is 5.73 Å². The van der Waals surface area contributed by atoms with Crippen molar-refractivity contribution in [3.63, 3.8) is 0 Å². The van der Waals surface area contributed by atoms with E-state index in [0.29, 0.717) is 6.54 Å². The molecule has 1 aliphatic heterocycles. The van der Waals surface area contributed by atoms with Crippen LogP contribution in [0.1, 0.15) is 32.4 Å². The molecule has 1 aromatic carbocycles. The van der Waals surface area contributed by atoms with E-state index >= 15 is 0 Å². The van der Waals surface area contributed by atoms with Crippen LogP contribution in [0.2, 0.25) is 0 Å². The number of aliphatic hydroxyl groups excluding tert-OH is 1. The van der Waals surface area contributed by atoms with Gasteiger partial charge in [0.2, 0.25) is 0 Å². The Kier molecular flexibility index (Phi) is 4.81. The van der Waals surface area contributed by atoms with Crippen molar-refractivity contribution >= 4 is 0 Å². The fraction of sp³-hybridized carbons (Fsp3) is 0.625. The maximum absolute atomic E-state index is 9.45. The third kappa shape index (κ3) is 3.58. The summed E-state index contributed by atoms with van der Waals surface area (Å²) in [5, 5.41) is 9.45. The Balaban J connectivity index is 2.25. The van der Waals surface area contributed by atoms with Gasteiger partial charge in [-0.1, -0.05) is 30.3 Å². The van der Waals surface area contributed by atoms with Gasteiger partial charge in [-0.15, -0.1) is 0 Å². The Morgan fingerprint density at radius 2 is 2.05 bits per heavy atom. The van der Waals surface area contributed by atoms with Gasteiger partial charge < -0.3 is 15.6 Å². The first kappa shape index (κ1) is 15.4. The molecule has 0 spiro atoms. The van der Waals surface area contributed by atoms with Gasteiger partial charge in [0.05, 0.1) is 18.3 Å². The van der Waals surface area contributed by atoms with Gasteiger partial charge in [-0.3, -0.25) is 4.90 Å². The molecule has 3 unspecified atom stereocenters. The summed E-state index contributed by atoms with van der Waals surface area (Å²) in [6, 6.07) is 10.5. The second kappa shape index (κ2) is 6.22. The highest BCUT2D eigenvalue weighted by atomic mass is 16.5. The lowest BCUT2D eigenvalue weighted by atomic mass is 9.95. The number of benzene rings is 1. The molecule has 3 atom stereocenters. The van der Waals surface area contributed by atoms with Crippen LogP contribution in [0.4, 0.5) is 0 Å². The predicted molar refractivity (Wildman–Crippen MR) is 80.4 cm³/mol. The maximum atomic E-state index is 9.45. The first-order chi connectivity index (χ1) is 9.43. The largest absolute Gasteiger partial charge is 0.394 e. The summed E-state index contributed by atoms with van der Waals surface area (Å²) < 4.78 is 5.89. The highest BCUT2D eigenvalue weighted by Gasteiger charge is 2.37. The van der Waals surface area contributed by atoms with Gasteiger partial charge in [-0.2, -0.15) is 0 Å². The molecule has 2 rings (SSSR count). The summed E-state index contributed by atoms with van der Waals surface area (Å²) in [6.07, 6.45) is -0.149. The van der Waals surface area contributed by atoms with Crippen LogP contribution in [0.5, 0.6) is 0 Å². The normalized spacial score (nSPS) is 26.1. The molecule has 1 aromatic rings. The third-order valence-corrected chi connectivity index (χ3v) is 3.74. The minimum Gasteiger partial charge on any atom is -0.394 e. The summed E-state index contributed by atoms with van der Waals surface area (Å²) in [7, 11) is 0. The first-order valence-corrected chi connectivity index (χ1v) is 7.26. The van der Waals surface area contributed by atoms with Gasteiger partial charge in [0.25, 0.3) is 0 Å². The molecule has 1 heterocycles. The predicted octanol–water partition coefficient (Wildman–Crippen LogP) is 1.55. The van der Waals surface area contributed by atoms with Crippen molar-refractivity contribution < 1.29 is 9.84 Å². The molecule has 3 N–H and O–H groups in total. The molecule has 0 amide bonds. The van der Waals surface area contributed by atoms with Gasteiger partial charge in [0.15, 0.2) is 0 Å². The third-order valence-electron chi connectivity index (χ3n) is 3.74. The summed E-state index contributed by atoms with van der Waals surface area (Å²) in [4.78, 5) is 2.34. The highest BCUT2D eigenvalue weighted by Crippen LogP contribution is 2.30. The summed E-state index contributed by atoms with van der Waals surface area (Å²) in [5.41, 5.74) is 7.18. The summed E-state index contributed by atoms with van der Waals surface area (Å²) in [6.45, 7) is 7.72. The smallest absolute Gasteiger partial charge is 0.0940 e. The molecule has 1 saturated heterocycles. The van der Waals surface area contributed by atoms with Crippen molar-refractivity contribution in [1.29, 1.82) is 0 Å². The number of rotatable bonds is 4. The molecule has 0 bridgehead atoms. The molecular formula is C16H26N2O2. The van der Waals surface area contributed by atoms with E-state index in [1.54, 1.807) is 0 Å². The van der Waals surface area contributed by atoms with E-state index in [-0.39, 0.29) is 30.4 Å². The van der Waals surface area contributed by atoms with E-state index in [4.69, 9.17) is 10.5 Å². The number of hydrogen-bond donors (Lipinski definition) is 2. The van der Waals surface area contributed by atoms with Crippen molar-refractivity contribution in [2.24, 2.45) is 5.73 Å². The zero-order valence-corrected chi connectivity index (χ0v) is 12.6. The van der Waals surface area contributed by atoms with E-state index in [9.17, 15) is 5.11 Å². The van der Waals surface area contributed by atoms with Crippen molar-refractivity contribution in [2.45, 2.75) is 44.6 Å². The standard InChI is InChI=1S/C16H26N2O2/c1-12(17)15(13-7-5-4-6-8-13)18-9-14(10-19)20-16(2,3)11-18/h4-8,12,14-15,19H,9-11,17H2,1-3H3. The second-order valence-corrected chi connectivity index (χ2v) is 6.33. The van der Waals surface area contributed by atoms with Crippen LogP contribution in [-0.4, -0.2) is 47.4 Å². The Morgan fingerprint density at radius 1 is 1.40 bits per heavy atom. The lowest BCUT2D eigenvalue weighted by Gasteiger charge is -2.46. The molecule has 0 saturated carbocycles. The molecule has 20 heavy (non-hydrogen) atoms. The molecule has 0 radical (unpaired) electrons. The van der Waals surface area contributed by atoms with Gasteiger partial charge in [-0.25, -0.2) is 0 Å². The van der Waals surface area contributed by atoms with Gasteiger partial charge in [0, 0.05) is 25.2 Å². The SMILES string of the molecule is CC(N)C(c1ccccc1)N1CC(CO)OC(C)(C)C1. The maximum Gasteiger partial charge on any atom is 0.0940 e. The van der Waals surface area contributed by atoms with E-state index in [1.165, 1.54) is 5.56 Å². The lowest BCUT2D eigenvalue weighted by molar-refractivity contribution is -0.158. The number of hydrogen-bond acceptors (Lipinski definition) is 4. The van der Waals surface area contributed by atoms with Gasteiger partial charge >= 0.3 is 0 Å². The quantitative estimate of drug-likeness (QED) is 0.877. The molecule has 0 aliphatic carbocycles. The van der Waals surface area contributed by atoms with Crippen molar-refractivity contribution in [3.05, 3.63) is 35.9 Å². The average Bonchev–Trinajstić information content (AvgIpc) is 2.38. The fourth-order valence-electron chi connectivity index (χ4n) is 3.14. The van der Waals surface area contributed by atoms with Crippen LogP contribution in [0.25, 0.3) is 0 Å². The molecule has 0 aromatic heterocycles. The van der Waals surface area contributed by atoms with Crippen LogP contribution in [0.15, 0.2) is 30.3 Å². The van der Waals surface area contributed by atoms with Gasteiger partial charge in [0.1, 0.15) is 0 Å². The molecule has 1 fully saturated rings. The molecular weight excluding hydrogens is 252 g/mol. The number of nitrogens with two attached hydrogens (primary N) is 1. The van der Waals surface area contributed by atoms with Crippen molar-refractivity contribution in [3.8, 4) is 0 Å². The Hall–Kier alpha value is -0.940. The fourth-order valence-corrected chi connectivity index (χ4v) is 3.14. The topological polar surface area (TPSA) is 58.7 Å².